The molecule has 7 nitrogen and oxygen atoms in total. The van der Waals surface area contributed by atoms with E-state index in [2.05, 4.69) is 16.0 Å². The first-order valence-electron chi connectivity index (χ1n) is 9.22. The summed E-state index contributed by atoms with van der Waals surface area (Å²) in [6, 6.07) is 12.0. The van der Waals surface area contributed by atoms with Crippen molar-refractivity contribution >= 4 is 32.4 Å². The van der Waals surface area contributed by atoms with Gasteiger partial charge in [0.15, 0.2) is 0 Å². The summed E-state index contributed by atoms with van der Waals surface area (Å²) < 4.78 is 28.9. The molecule has 3 N–H and O–H groups in total. The lowest BCUT2D eigenvalue weighted by molar-refractivity contribution is 0.381. The van der Waals surface area contributed by atoms with E-state index in [1.807, 2.05) is 6.07 Å². The first-order chi connectivity index (χ1) is 13.5. The summed E-state index contributed by atoms with van der Waals surface area (Å²) in [4.78, 5) is 7.48. The van der Waals surface area contributed by atoms with Crippen LogP contribution in [0.25, 0.3) is 11.0 Å². The Labute approximate surface area is 163 Å². The molecule has 0 spiro atoms. The van der Waals surface area contributed by atoms with Crippen LogP contribution in [0.2, 0.25) is 0 Å². The van der Waals surface area contributed by atoms with Gasteiger partial charge in [-0.05, 0) is 56.0 Å². The Morgan fingerprint density at radius 1 is 1.18 bits per heavy atom. The van der Waals surface area contributed by atoms with Gasteiger partial charge in [0.2, 0.25) is 0 Å². The molecule has 28 heavy (non-hydrogen) atoms. The number of H-pyrrole nitrogens is 1. The average molecular weight is 395 g/mol. The molecule has 1 aliphatic rings. The summed E-state index contributed by atoms with van der Waals surface area (Å²) in [5, 5.41) is 9.95. The number of nitrogens with two attached hydrogens (primary N) is 1. The molecule has 1 fully saturated rings. The van der Waals surface area contributed by atoms with Crippen molar-refractivity contribution in [2.24, 2.45) is 5.92 Å². The number of pyridine rings is 1. The van der Waals surface area contributed by atoms with Gasteiger partial charge in [0, 0.05) is 35.4 Å². The second kappa shape index (κ2) is 7.17. The fourth-order valence-electron chi connectivity index (χ4n) is 3.89. The average Bonchev–Trinajstić information content (AvgIpc) is 3.18. The number of nitrogens with zero attached hydrogens (tertiary/aromatic N) is 3. The first-order valence-corrected chi connectivity index (χ1v) is 10.7. The number of nitriles is 1. The quantitative estimate of drug-likeness (QED) is 0.657. The van der Waals surface area contributed by atoms with Crippen LogP contribution in [0.1, 0.15) is 25.7 Å². The maximum atomic E-state index is 13.7. The summed E-state index contributed by atoms with van der Waals surface area (Å²) >= 11 is 0. The van der Waals surface area contributed by atoms with Crippen LogP contribution in [0.5, 0.6) is 0 Å². The van der Waals surface area contributed by atoms with Gasteiger partial charge in [0.25, 0.3) is 10.0 Å². The third kappa shape index (κ3) is 3.18. The predicted molar refractivity (Wildman–Crippen MR) is 108 cm³/mol. The highest BCUT2D eigenvalue weighted by Gasteiger charge is 2.35. The molecule has 2 aromatic heterocycles. The minimum absolute atomic E-state index is 0.0158. The summed E-state index contributed by atoms with van der Waals surface area (Å²) in [6.45, 7) is 0. The summed E-state index contributed by atoms with van der Waals surface area (Å²) in [6.07, 6.45) is 6.00. The van der Waals surface area contributed by atoms with E-state index < -0.39 is 10.0 Å². The number of anilines is 2. The Kier molecular flexibility index (Phi) is 4.69. The molecule has 1 aliphatic carbocycles. The van der Waals surface area contributed by atoms with Gasteiger partial charge in [0.1, 0.15) is 5.65 Å². The second-order valence-corrected chi connectivity index (χ2v) is 8.89. The summed E-state index contributed by atoms with van der Waals surface area (Å²) in [5.74, 6) is -0.0158. The fraction of sp³-hybridized carbons (Fsp3) is 0.300. The molecule has 144 valence electrons. The Morgan fingerprint density at radius 2 is 1.96 bits per heavy atom. The van der Waals surface area contributed by atoms with E-state index in [0.29, 0.717) is 42.7 Å². The number of aromatic amines is 1. The first kappa shape index (κ1) is 18.3. The van der Waals surface area contributed by atoms with E-state index in [9.17, 15) is 13.7 Å². The largest absolute Gasteiger partial charge is 0.399 e. The fourth-order valence-corrected chi connectivity index (χ4v) is 5.67. The zero-order chi connectivity index (χ0) is 19.7. The standard InChI is InChI=1S/C20H21N5O2S/c21-13-14-4-6-16(7-5-14)25(19-9-11-24-20-18(19)8-10-23-20)28(26,27)17-3-1-2-15(22)12-17/h1-3,8-12,14,16H,4-7,22H2,(H,23,24). The molecule has 0 saturated heterocycles. The number of benzene rings is 1. The zero-order valence-electron chi connectivity index (χ0n) is 15.2. The smallest absolute Gasteiger partial charge is 0.264 e. The van der Waals surface area contributed by atoms with Gasteiger partial charge in [-0.3, -0.25) is 4.31 Å². The van der Waals surface area contributed by atoms with E-state index in [0.717, 1.165) is 5.39 Å². The molecular weight excluding hydrogens is 374 g/mol. The minimum atomic E-state index is -3.84. The van der Waals surface area contributed by atoms with Crippen LogP contribution in [0.15, 0.2) is 53.7 Å². The zero-order valence-corrected chi connectivity index (χ0v) is 16.1. The Bertz CT molecular complexity index is 1140. The van der Waals surface area contributed by atoms with Crippen LogP contribution in [-0.4, -0.2) is 24.4 Å². The summed E-state index contributed by atoms with van der Waals surface area (Å²) in [7, 11) is -3.84. The molecule has 0 atom stereocenters. The van der Waals surface area contributed by atoms with E-state index >= 15 is 0 Å². The topological polar surface area (TPSA) is 116 Å². The lowest BCUT2D eigenvalue weighted by Gasteiger charge is -2.36. The maximum absolute atomic E-state index is 13.7. The van der Waals surface area contributed by atoms with Gasteiger partial charge in [0.05, 0.1) is 16.7 Å². The van der Waals surface area contributed by atoms with E-state index in [1.165, 1.54) is 10.4 Å². The molecule has 3 aromatic rings. The Balaban J connectivity index is 1.85. The van der Waals surface area contributed by atoms with E-state index in [-0.39, 0.29) is 16.9 Å². The lowest BCUT2D eigenvalue weighted by atomic mass is 9.87. The molecule has 2 heterocycles. The number of nitrogen functional groups attached to an aromatic ring is 1. The number of hydrogen-bond donors (Lipinski definition) is 2. The molecule has 4 rings (SSSR count). The molecule has 0 radical (unpaired) electrons. The van der Waals surface area contributed by atoms with Crippen molar-refractivity contribution in [1.82, 2.24) is 9.97 Å². The van der Waals surface area contributed by atoms with Gasteiger partial charge < -0.3 is 10.7 Å². The van der Waals surface area contributed by atoms with Crippen molar-refractivity contribution in [2.45, 2.75) is 36.6 Å². The van der Waals surface area contributed by atoms with Crippen molar-refractivity contribution in [3.05, 3.63) is 48.8 Å². The SMILES string of the molecule is N#CC1CCC(N(c2ccnc3[nH]ccc23)S(=O)(=O)c2cccc(N)c2)CC1. The van der Waals surface area contributed by atoms with E-state index in [4.69, 9.17) is 5.73 Å². The predicted octanol–water partition coefficient (Wildman–Crippen LogP) is 3.42. The van der Waals surface area contributed by atoms with Gasteiger partial charge in [-0.15, -0.1) is 0 Å². The van der Waals surface area contributed by atoms with Crippen LogP contribution < -0.4 is 10.0 Å². The number of aromatic nitrogens is 2. The Morgan fingerprint density at radius 3 is 2.68 bits per heavy atom. The highest BCUT2D eigenvalue weighted by atomic mass is 32.2. The van der Waals surface area contributed by atoms with Crippen LogP contribution in [0, 0.1) is 17.2 Å². The number of nitrogens with one attached hydrogen (secondary N) is 1. The molecule has 0 amide bonds. The highest BCUT2D eigenvalue weighted by Crippen LogP contribution is 2.37. The monoisotopic (exact) mass is 395 g/mol. The van der Waals surface area contributed by atoms with Crippen molar-refractivity contribution in [1.29, 1.82) is 5.26 Å². The van der Waals surface area contributed by atoms with E-state index in [1.54, 1.807) is 36.7 Å². The summed E-state index contributed by atoms with van der Waals surface area (Å²) in [5.41, 5.74) is 7.47. The third-order valence-electron chi connectivity index (χ3n) is 5.30. The molecule has 1 aromatic carbocycles. The lowest BCUT2D eigenvalue weighted by Crippen LogP contribution is -2.42. The number of sulfonamides is 1. The van der Waals surface area contributed by atoms with Gasteiger partial charge in [-0.1, -0.05) is 6.07 Å². The number of hydrogen-bond acceptors (Lipinski definition) is 5. The molecule has 0 bridgehead atoms. The van der Waals surface area contributed by atoms with Crippen LogP contribution >= 0.6 is 0 Å². The molecule has 0 unspecified atom stereocenters. The normalized spacial score (nSPS) is 20.0. The third-order valence-corrected chi connectivity index (χ3v) is 7.16. The van der Waals surface area contributed by atoms with Crippen molar-refractivity contribution in [2.75, 3.05) is 10.0 Å². The van der Waals surface area contributed by atoms with Crippen LogP contribution in [0.4, 0.5) is 11.4 Å². The maximum Gasteiger partial charge on any atom is 0.264 e. The van der Waals surface area contributed by atoms with Crippen molar-refractivity contribution in [3.63, 3.8) is 0 Å². The molecule has 1 saturated carbocycles. The van der Waals surface area contributed by atoms with Gasteiger partial charge >= 0.3 is 0 Å². The van der Waals surface area contributed by atoms with Gasteiger partial charge in [-0.2, -0.15) is 5.26 Å². The van der Waals surface area contributed by atoms with Gasteiger partial charge in [-0.25, -0.2) is 13.4 Å². The Hall–Kier alpha value is -3.05. The van der Waals surface area contributed by atoms with Crippen molar-refractivity contribution in [3.8, 4) is 6.07 Å². The van der Waals surface area contributed by atoms with Crippen LogP contribution in [0.3, 0.4) is 0 Å². The molecule has 8 heteroatoms. The molecule has 0 aliphatic heterocycles. The number of rotatable bonds is 4. The highest BCUT2D eigenvalue weighted by molar-refractivity contribution is 7.92. The van der Waals surface area contributed by atoms with Crippen molar-refractivity contribution < 1.29 is 8.42 Å². The van der Waals surface area contributed by atoms with Crippen LogP contribution in [-0.2, 0) is 10.0 Å². The minimum Gasteiger partial charge on any atom is -0.399 e. The number of fused-ring (bicyclic) bond motifs is 1. The molecular formula is C20H21N5O2S. The second-order valence-electron chi connectivity index (χ2n) is 7.08.